The van der Waals surface area contributed by atoms with Crippen LogP contribution in [0, 0.1) is 6.92 Å². The molecule has 1 amide bonds. The van der Waals surface area contributed by atoms with Crippen LogP contribution in [-0.2, 0) is 7.05 Å². The average molecular weight is 245 g/mol. The monoisotopic (exact) mass is 245 g/mol. The van der Waals surface area contributed by atoms with Crippen molar-refractivity contribution in [2.45, 2.75) is 6.92 Å². The molecule has 0 fully saturated rings. The van der Waals surface area contributed by atoms with Gasteiger partial charge in [-0.3, -0.25) is 9.48 Å². The van der Waals surface area contributed by atoms with E-state index in [2.05, 4.69) is 10.4 Å². The number of rotatable bonds is 3. The van der Waals surface area contributed by atoms with Crippen LogP contribution >= 0.6 is 0 Å². The smallest absolute Gasteiger partial charge is 0.276 e. The first kappa shape index (κ1) is 12.2. The molecule has 2 aromatic rings. The molecule has 0 aliphatic carbocycles. The molecule has 1 N–H and O–H groups in total. The van der Waals surface area contributed by atoms with Gasteiger partial charge in [-0.05, 0) is 30.7 Å². The second-order valence-electron chi connectivity index (χ2n) is 4.03. The molecule has 0 saturated heterocycles. The van der Waals surface area contributed by atoms with E-state index in [9.17, 15) is 4.79 Å². The zero-order valence-electron chi connectivity index (χ0n) is 10.6. The number of nitrogens with one attached hydrogen (secondary N) is 1. The normalized spacial score (nSPS) is 10.2. The van der Waals surface area contributed by atoms with Crippen LogP contribution < -0.4 is 10.1 Å². The predicted molar refractivity (Wildman–Crippen MR) is 68.9 cm³/mol. The number of ether oxygens (including phenoxy) is 1. The fourth-order valence-corrected chi connectivity index (χ4v) is 1.64. The summed E-state index contributed by atoms with van der Waals surface area (Å²) in [6.07, 6.45) is 1.72. The first-order chi connectivity index (χ1) is 8.60. The van der Waals surface area contributed by atoms with Crippen molar-refractivity contribution in [3.05, 3.63) is 41.7 Å². The molecule has 1 aromatic heterocycles. The lowest BCUT2D eigenvalue weighted by Gasteiger charge is -2.09. The zero-order valence-corrected chi connectivity index (χ0v) is 10.6. The number of hydrogen-bond donors (Lipinski definition) is 1. The molecule has 0 spiro atoms. The summed E-state index contributed by atoms with van der Waals surface area (Å²) in [5, 5.41) is 6.84. The molecule has 0 bridgehead atoms. The van der Waals surface area contributed by atoms with E-state index in [0.717, 1.165) is 5.56 Å². The summed E-state index contributed by atoms with van der Waals surface area (Å²) < 4.78 is 6.79. The van der Waals surface area contributed by atoms with Crippen LogP contribution in [0.2, 0.25) is 0 Å². The van der Waals surface area contributed by atoms with Gasteiger partial charge in [0.05, 0.1) is 12.8 Å². The Morgan fingerprint density at radius 3 is 2.78 bits per heavy atom. The maximum absolute atomic E-state index is 12.0. The van der Waals surface area contributed by atoms with E-state index in [1.54, 1.807) is 31.1 Å². The van der Waals surface area contributed by atoms with Gasteiger partial charge in [0.2, 0.25) is 0 Å². The lowest BCUT2D eigenvalue weighted by molar-refractivity contribution is 0.102. The predicted octanol–water partition coefficient (Wildman–Crippen LogP) is 1.99. The van der Waals surface area contributed by atoms with Gasteiger partial charge in [-0.25, -0.2) is 0 Å². The number of aromatic nitrogens is 2. The molecule has 18 heavy (non-hydrogen) atoms. The van der Waals surface area contributed by atoms with Crippen molar-refractivity contribution in [2.75, 3.05) is 12.4 Å². The number of amides is 1. The molecule has 94 valence electrons. The van der Waals surface area contributed by atoms with Gasteiger partial charge < -0.3 is 10.1 Å². The highest BCUT2D eigenvalue weighted by Gasteiger charge is 2.11. The van der Waals surface area contributed by atoms with Crippen molar-refractivity contribution in [2.24, 2.45) is 7.05 Å². The molecule has 0 saturated carbocycles. The Morgan fingerprint density at radius 1 is 1.39 bits per heavy atom. The Balaban J connectivity index is 2.23. The number of benzene rings is 1. The third-order valence-corrected chi connectivity index (χ3v) is 2.55. The van der Waals surface area contributed by atoms with E-state index >= 15 is 0 Å². The van der Waals surface area contributed by atoms with Crippen molar-refractivity contribution < 1.29 is 9.53 Å². The number of nitrogens with zero attached hydrogens (tertiary/aromatic N) is 2. The minimum Gasteiger partial charge on any atom is -0.495 e. The molecule has 0 aliphatic rings. The minimum atomic E-state index is -0.250. The Bertz CT molecular complexity index is 575. The highest BCUT2D eigenvalue weighted by Crippen LogP contribution is 2.25. The van der Waals surface area contributed by atoms with Gasteiger partial charge >= 0.3 is 0 Å². The van der Waals surface area contributed by atoms with Gasteiger partial charge in [0, 0.05) is 13.2 Å². The van der Waals surface area contributed by atoms with Crippen LogP contribution in [-0.4, -0.2) is 22.8 Å². The fourth-order valence-electron chi connectivity index (χ4n) is 1.64. The SMILES string of the molecule is COc1ccc(C)cc1NC(=O)c1ccn(C)n1. The molecule has 0 radical (unpaired) electrons. The van der Waals surface area contributed by atoms with Gasteiger partial charge in [-0.2, -0.15) is 5.10 Å². The topological polar surface area (TPSA) is 56.1 Å². The maximum atomic E-state index is 12.0. The summed E-state index contributed by atoms with van der Waals surface area (Å²) in [5.74, 6) is 0.379. The molecule has 1 aromatic carbocycles. The second kappa shape index (κ2) is 4.91. The number of methoxy groups -OCH3 is 1. The van der Waals surface area contributed by atoms with Crippen molar-refractivity contribution in [1.82, 2.24) is 9.78 Å². The highest BCUT2D eigenvalue weighted by atomic mass is 16.5. The fraction of sp³-hybridized carbons (Fsp3) is 0.231. The highest BCUT2D eigenvalue weighted by molar-refractivity contribution is 6.03. The van der Waals surface area contributed by atoms with E-state index in [1.165, 1.54) is 0 Å². The summed E-state index contributed by atoms with van der Waals surface area (Å²) in [4.78, 5) is 12.0. The molecule has 5 nitrogen and oxygen atoms in total. The van der Waals surface area contributed by atoms with Crippen LogP contribution in [0.1, 0.15) is 16.1 Å². The Morgan fingerprint density at radius 2 is 2.17 bits per heavy atom. The minimum absolute atomic E-state index is 0.250. The van der Waals surface area contributed by atoms with Gasteiger partial charge in [0.1, 0.15) is 5.75 Å². The number of hydrogen-bond acceptors (Lipinski definition) is 3. The van der Waals surface area contributed by atoms with E-state index < -0.39 is 0 Å². The largest absolute Gasteiger partial charge is 0.495 e. The van der Waals surface area contributed by atoms with Crippen LogP contribution in [0.4, 0.5) is 5.69 Å². The molecule has 0 aliphatic heterocycles. The number of aryl methyl sites for hydroxylation is 2. The van der Waals surface area contributed by atoms with Gasteiger partial charge in [0.25, 0.3) is 5.91 Å². The number of carbonyl (C=O) groups is 1. The summed E-state index contributed by atoms with van der Waals surface area (Å²) in [6, 6.07) is 7.27. The molecule has 0 atom stereocenters. The lowest BCUT2D eigenvalue weighted by Crippen LogP contribution is -2.13. The number of carbonyl (C=O) groups excluding carboxylic acids is 1. The molecular formula is C13H15N3O2. The van der Waals surface area contributed by atoms with Crippen LogP contribution in [0.3, 0.4) is 0 Å². The third-order valence-electron chi connectivity index (χ3n) is 2.55. The number of anilines is 1. The quantitative estimate of drug-likeness (QED) is 0.899. The second-order valence-corrected chi connectivity index (χ2v) is 4.03. The van der Waals surface area contributed by atoms with Gasteiger partial charge in [-0.1, -0.05) is 6.07 Å². The molecule has 2 rings (SSSR count). The summed E-state index contributed by atoms with van der Waals surface area (Å²) >= 11 is 0. The Kier molecular flexibility index (Phi) is 3.32. The van der Waals surface area contributed by atoms with E-state index in [0.29, 0.717) is 17.1 Å². The Labute approximate surface area is 105 Å². The molecule has 5 heteroatoms. The van der Waals surface area contributed by atoms with Crippen LogP contribution in [0.15, 0.2) is 30.5 Å². The summed E-state index contributed by atoms with van der Waals surface area (Å²) in [7, 11) is 3.34. The summed E-state index contributed by atoms with van der Waals surface area (Å²) in [6.45, 7) is 1.95. The van der Waals surface area contributed by atoms with Crippen LogP contribution in [0.5, 0.6) is 5.75 Å². The molecular weight excluding hydrogens is 230 g/mol. The standard InChI is InChI=1S/C13H15N3O2/c1-9-4-5-12(18-3)11(8-9)14-13(17)10-6-7-16(2)15-10/h4-8H,1-3H3,(H,14,17). The summed E-state index contributed by atoms with van der Waals surface area (Å²) in [5.41, 5.74) is 2.07. The lowest BCUT2D eigenvalue weighted by atomic mass is 10.2. The molecule has 0 unspecified atom stereocenters. The average Bonchev–Trinajstić information content (AvgIpc) is 2.76. The maximum Gasteiger partial charge on any atom is 0.276 e. The first-order valence-electron chi connectivity index (χ1n) is 5.56. The van der Waals surface area contributed by atoms with Crippen molar-refractivity contribution in [3.63, 3.8) is 0 Å². The zero-order chi connectivity index (χ0) is 13.1. The van der Waals surface area contributed by atoms with Crippen molar-refractivity contribution >= 4 is 11.6 Å². The molecule has 1 heterocycles. The van der Waals surface area contributed by atoms with E-state index in [-0.39, 0.29) is 5.91 Å². The van der Waals surface area contributed by atoms with Crippen LogP contribution in [0.25, 0.3) is 0 Å². The van der Waals surface area contributed by atoms with E-state index in [1.807, 2.05) is 25.1 Å². The first-order valence-corrected chi connectivity index (χ1v) is 5.56. The van der Waals surface area contributed by atoms with Gasteiger partial charge in [-0.15, -0.1) is 0 Å². The van der Waals surface area contributed by atoms with E-state index in [4.69, 9.17) is 4.74 Å². The Hall–Kier alpha value is -2.30. The van der Waals surface area contributed by atoms with Crippen molar-refractivity contribution in [1.29, 1.82) is 0 Å². The van der Waals surface area contributed by atoms with Crippen molar-refractivity contribution in [3.8, 4) is 5.75 Å². The van der Waals surface area contributed by atoms with Gasteiger partial charge in [0.15, 0.2) is 5.69 Å². The third kappa shape index (κ3) is 2.51.